The SMILES string of the molecule is O=C(Cn1ccnn1)Nc1cnccc1C(=O)O. The maximum atomic E-state index is 11.6. The molecule has 2 heterocycles. The zero-order chi connectivity index (χ0) is 13.0. The minimum Gasteiger partial charge on any atom is -0.478 e. The fourth-order valence-corrected chi connectivity index (χ4v) is 1.33. The molecule has 0 aliphatic carbocycles. The van der Waals surface area contributed by atoms with Crippen molar-refractivity contribution < 1.29 is 14.7 Å². The predicted octanol–water partition coefficient (Wildman–Crippen LogP) is 0.01000. The summed E-state index contributed by atoms with van der Waals surface area (Å²) in [7, 11) is 0. The normalized spacial score (nSPS) is 10.0. The minimum atomic E-state index is -1.13. The molecule has 0 fully saturated rings. The van der Waals surface area contributed by atoms with Crippen molar-refractivity contribution in [3.8, 4) is 0 Å². The molecular formula is C10H9N5O3. The monoisotopic (exact) mass is 247 g/mol. The lowest BCUT2D eigenvalue weighted by Crippen LogP contribution is -2.20. The highest BCUT2D eigenvalue weighted by Gasteiger charge is 2.12. The minimum absolute atomic E-state index is 0.0167. The van der Waals surface area contributed by atoms with Crippen molar-refractivity contribution in [1.29, 1.82) is 0 Å². The van der Waals surface area contributed by atoms with Gasteiger partial charge in [0.25, 0.3) is 0 Å². The highest BCUT2D eigenvalue weighted by molar-refractivity contribution is 6.00. The van der Waals surface area contributed by atoms with Gasteiger partial charge in [0.15, 0.2) is 0 Å². The molecular weight excluding hydrogens is 238 g/mol. The van der Waals surface area contributed by atoms with Crippen molar-refractivity contribution in [2.24, 2.45) is 0 Å². The number of hydrogen-bond acceptors (Lipinski definition) is 5. The molecule has 18 heavy (non-hydrogen) atoms. The first-order valence-corrected chi connectivity index (χ1v) is 4.98. The summed E-state index contributed by atoms with van der Waals surface area (Å²) in [6, 6.07) is 1.31. The van der Waals surface area contributed by atoms with Gasteiger partial charge in [-0.25, -0.2) is 9.48 Å². The zero-order valence-electron chi connectivity index (χ0n) is 9.15. The van der Waals surface area contributed by atoms with Crippen molar-refractivity contribution in [3.63, 3.8) is 0 Å². The van der Waals surface area contributed by atoms with E-state index in [2.05, 4.69) is 20.6 Å². The number of rotatable bonds is 4. The summed E-state index contributed by atoms with van der Waals surface area (Å²) in [5.41, 5.74) is 0.132. The van der Waals surface area contributed by atoms with E-state index < -0.39 is 11.9 Å². The van der Waals surface area contributed by atoms with Crippen molar-refractivity contribution in [2.45, 2.75) is 6.54 Å². The van der Waals surface area contributed by atoms with E-state index in [-0.39, 0.29) is 17.8 Å². The molecule has 0 aliphatic rings. The van der Waals surface area contributed by atoms with Gasteiger partial charge in [0.05, 0.1) is 23.6 Å². The van der Waals surface area contributed by atoms with E-state index in [4.69, 9.17) is 5.11 Å². The Morgan fingerprint density at radius 1 is 1.39 bits per heavy atom. The second-order valence-electron chi connectivity index (χ2n) is 3.38. The number of carbonyl (C=O) groups is 2. The first kappa shape index (κ1) is 11.7. The van der Waals surface area contributed by atoms with Gasteiger partial charge in [0.2, 0.25) is 5.91 Å². The predicted molar refractivity (Wildman–Crippen MR) is 59.8 cm³/mol. The Labute approximate surface area is 101 Å². The Morgan fingerprint density at radius 3 is 2.89 bits per heavy atom. The Bertz CT molecular complexity index is 567. The average Bonchev–Trinajstić information content (AvgIpc) is 2.82. The Hall–Kier alpha value is -2.77. The van der Waals surface area contributed by atoms with E-state index in [9.17, 15) is 9.59 Å². The molecule has 0 unspecified atom stereocenters. The lowest BCUT2D eigenvalue weighted by atomic mass is 10.2. The van der Waals surface area contributed by atoms with Gasteiger partial charge in [-0.05, 0) is 6.07 Å². The van der Waals surface area contributed by atoms with Gasteiger partial charge in [-0.1, -0.05) is 5.21 Å². The summed E-state index contributed by atoms with van der Waals surface area (Å²) in [6.45, 7) is -0.0477. The maximum absolute atomic E-state index is 11.6. The van der Waals surface area contributed by atoms with Crippen LogP contribution >= 0.6 is 0 Å². The highest BCUT2D eigenvalue weighted by Crippen LogP contribution is 2.13. The van der Waals surface area contributed by atoms with Gasteiger partial charge in [0, 0.05) is 12.4 Å². The third-order valence-electron chi connectivity index (χ3n) is 2.10. The molecule has 2 N–H and O–H groups in total. The summed E-state index contributed by atoms with van der Waals surface area (Å²) in [5.74, 6) is -1.54. The van der Waals surface area contributed by atoms with E-state index in [0.29, 0.717) is 0 Å². The largest absolute Gasteiger partial charge is 0.478 e. The van der Waals surface area contributed by atoms with Crippen molar-refractivity contribution in [3.05, 3.63) is 36.4 Å². The van der Waals surface area contributed by atoms with Crippen LogP contribution in [0.4, 0.5) is 5.69 Å². The van der Waals surface area contributed by atoms with Gasteiger partial charge >= 0.3 is 5.97 Å². The van der Waals surface area contributed by atoms with Crippen LogP contribution in [0.2, 0.25) is 0 Å². The van der Waals surface area contributed by atoms with Crippen molar-refractivity contribution in [1.82, 2.24) is 20.0 Å². The molecule has 8 heteroatoms. The molecule has 0 aromatic carbocycles. The van der Waals surface area contributed by atoms with Gasteiger partial charge < -0.3 is 10.4 Å². The zero-order valence-corrected chi connectivity index (χ0v) is 9.15. The fraction of sp³-hybridized carbons (Fsp3) is 0.100. The number of carbonyl (C=O) groups excluding carboxylic acids is 1. The summed E-state index contributed by atoms with van der Waals surface area (Å²) in [4.78, 5) is 26.3. The number of hydrogen-bond donors (Lipinski definition) is 2. The van der Waals surface area contributed by atoms with Crippen LogP contribution in [0, 0.1) is 0 Å². The molecule has 0 saturated heterocycles. The molecule has 2 rings (SSSR count). The van der Waals surface area contributed by atoms with Crippen molar-refractivity contribution in [2.75, 3.05) is 5.32 Å². The number of nitrogens with zero attached hydrogens (tertiary/aromatic N) is 4. The molecule has 2 aromatic heterocycles. The van der Waals surface area contributed by atoms with Gasteiger partial charge in [-0.3, -0.25) is 9.78 Å². The molecule has 8 nitrogen and oxygen atoms in total. The topological polar surface area (TPSA) is 110 Å². The van der Waals surface area contributed by atoms with Crippen LogP contribution in [0.25, 0.3) is 0 Å². The summed E-state index contributed by atoms with van der Waals surface area (Å²) >= 11 is 0. The smallest absolute Gasteiger partial charge is 0.337 e. The molecule has 92 valence electrons. The maximum Gasteiger partial charge on any atom is 0.337 e. The van der Waals surface area contributed by atoms with Gasteiger partial charge in [-0.2, -0.15) is 0 Å². The van der Waals surface area contributed by atoms with E-state index in [1.54, 1.807) is 0 Å². The average molecular weight is 247 g/mol. The van der Waals surface area contributed by atoms with Crippen LogP contribution in [0.3, 0.4) is 0 Å². The number of aromatic carboxylic acids is 1. The van der Waals surface area contributed by atoms with Crippen LogP contribution in [0.1, 0.15) is 10.4 Å². The Morgan fingerprint density at radius 2 is 2.22 bits per heavy atom. The van der Waals surface area contributed by atoms with Crippen LogP contribution in [0.15, 0.2) is 30.9 Å². The molecule has 0 aliphatic heterocycles. The van der Waals surface area contributed by atoms with E-state index in [0.717, 1.165) is 0 Å². The number of anilines is 1. The second kappa shape index (κ2) is 5.04. The summed E-state index contributed by atoms with van der Waals surface area (Å²) in [6.07, 6.45) is 5.60. The number of carboxylic acid groups (broad SMARTS) is 1. The molecule has 0 bridgehead atoms. The van der Waals surface area contributed by atoms with Crippen LogP contribution in [-0.2, 0) is 11.3 Å². The summed E-state index contributed by atoms with van der Waals surface area (Å²) in [5, 5.41) is 18.6. The first-order chi connectivity index (χ1) is 8.66. The second-order valence-corrected chi connectivity index (χ2v) is 3.38. The molecule has 2 aromatic rings. The lowest BCUT2D eigenvalue weighted by molar-refractivity contribution is -0.116. The molecule has 0 saturated carbocycles. The molecule has 0 spiro atoms. The third kappa shape index (κ3) is 2.67. The number of amides is 1. The molecule has 0 radical (unpaired) electrons. The van der Waals surface area contributed by atoms with Crippen LogP contribution in [-0.4, -0.2) is 37.0 Å². The lowest BCUT2D eigenvalue weighted by Gasteiger charge is -2.07. The van der Waals surface area contributed by atoms with E-state index in [1.165, 1.54) is 35.5 Å². The Balaban J connectivity index is 2.09. The van der Waals surface area contributed by atoms with Gasteiger partial charge in [0.1, 0.15) is 6.54 Å². The van der Waals surface area contributed by atoms with Crippen molar-refractivity contribution >= 4 is 17.6 Å². The summed E-state index contributed by atoms with van der Waals surface area (Å²) < 4.78 is 1.33. The first-order valence-electron chi connectivity index (χ1n) is 4.98. The number of nitrogens with one attached hydrogen (secondary N) is 1. The van der Waals surface area contributed by atoms with Crippen LogP contribution < -0.4 is 5.32 Å². The third-order valence-corrected chi connectivity index (χ3v) is 2.10. The number of pyridine rings is 1. The highest BCUT2D eigenvalue weighted by atomic mass is 16.4. The number of aromatic nitrogens is 4. The standard InChI is InChI=1S/C10H9N5O3/c16-9(6-15-4-3-12-14-15)13-8-5-11-2-1-7(8)10(17)18/h1-5H,6H2,(H,13,16)(H,17,18). The molecule has 0 atom stereocenters. The van der Waals surface area contributed by atoms with E-state index >= 15 is 0 Å². The number of carboxylic acids is 1. The Kier molecular flexibility index (Phi) is 3.28. The molecule has 1 amide bonds. The van der Waals surface area contributed by atoms with Gasteiger partial charge in [-0.15, -0.1) is 5.10 Å². The van der Waals surface area contributed by atoms with E-state index in [1.807, 2.05) is 0 Å². The fourth-order valence-electron chi connectivity index (χ4n) is 1.33. The quantitative estimate of drug-likeness (QED) is 0.787. The van der Waals surface area contributed by atoms with Crippen LogP contribution in [0.5, 0.6) is 0 Å².